The van der Waals surface area contributed by atoms with Crippen molar-refractivity contribution in [1.82, 2.24) is 5.32 Å². The van der Waals surface area contributed by atoms with Crippen molar-refractivity contribution >= 4 is 39.1 Å². The quantitative estimate of drug-likeness (QED) is 0.768. The van der Waals surface area contributed by atoms with Crippen LogP contribution in [-0.2, 0) is 0 Å². The Bertz CT molecular complexity index is 775. The number of nitrogens with zero attached hydrogens (tertiary/aromatic N) is 1. The van der Waals surface area contributed by atoms with Crippen LogP contribution in [0.5, 0.6) is 0 Å². The molecular weight excluding hydrogens is 382 g/mol. The maximum absolute atomic E-state index is 12.5. The van der Waals surface area contributed by atoms with Crippen LogP contribution in [-0.4, -0.2) is 32.5 Å². The third-order valence-corrected chi connectivity index (χ3v) is 4.33. The third kappa shape index (κ3) is 4.82. The van der Waals surface area contributed by atoms with Crippen molar-refractivity contribution in [2.24, 2.45) is 0 Å². The van der Waals surface area contributed by atoms with Crippen LogP contribution in [0, 0.1) is 0 Å². The molecule has 2 aromatic carbocycles. The average Bonchev–Trinajstić information content (AvgIpc) is 2.59. The number of hydrogen-bond acceptors (Lipinski definition) is 3. The van der Waals surface area contributed by atoms with Crippen LogP contribution in [0.2, 0.25) is 0 Å². The lowest BCUT2D eigenvalue weighted by Crippen LogP contribution is -2.26. The number of rotatable bonds is 6. The smallest absolute Gasteiger partial charge is 0.256 e. The number of halogens is 1. The minimum Gasteiger partial charge on any atom is -0.377 e. The second-order valence-electron chi connectivity index (χ2n) is 5.82. The van der Waals surface area contributed by atoms with Gasteiger partial charge in [0.1, 0.15) is 0 Å². The van der Waals surface area contributed by atoms with Crippen molar-refractivity contribution in [1.29, 1.82) is 0 Å². The molecule has 0 saturated heterocycles. The molecule has 0 saturated carbocycles. The molecule has 6 heteroatoms. The molecule has 0 unspecified atom stereocenters. The summed E-state index contributed by atoms with van der Waals surface area (Å²) in [6.45, 7) is 2.61. The van der Waals surface area contributed by atoms with Crippen molar-refractivity contribution in [3.05, 3.63) is 58.1 Å². The Labute approximate surface area is 156 Å². The maximum atomic E-state index is 12.5. The molecule has 132 valence electrons. The van der Waals surface area contributed by atoms with Crippen LogP contribution in [0.25, 0.3) is 0 Å². The summed E-state index contributed by atoms with van der Waals surface area (Å²) >= 11 is 3.38. The number of carbonyl (C=O) groups is 2. The molecular formula is C19H22BrN3O2. The van der Waals surface area contributed by atoms with Gasteiger partial charge in [0.05, 0.1) is 11.1 Å². The number of benzene rings is 2. The first-order valence-electron chi connectivity index (χ1n) is 8.09. The zero-order valence-corrected chi connectivity index (χ0v) is 16.2. The monoisotopic (exact) mass is 403 g/mol. The van der Waals surface area contributed by atoms with E-state index in [2.05, 4.69) is 26.6 Å². The van der Waals surface area contributed by atoms with E-state index in [1.807, 2.05) is 44.1 Å². The van der Waals surface area contributed by atoms with E-state index in [-0.39, 0.29) is 11.8 Å². The number of nitrogens with one attached hydrogen (secondary N) is 2. The molecule has 0 bridgehead atoms. The minimum atomic E-state index is -0.231. The fourth-order valence-electron chi connectivity index (χ4n) is 2.36. The van der Waals surface area contributed by atoms with E-state index in [4.69, 9.17) is 0 Å². The van der Waals surface area contributed by atoms with Crippen LogP contribution >= 0.6 is 15.9 Å². The molecule has 0 aromatic heterocycles. The van der Waals surface area contributed by atoms with Gasteiger partial charge in [0.25, 0.3) is 11.8 Å². The topological polar surface area (TPSA) is 61.4 Å². The van der Waals surface area contributed by atoms with Crippen molar-refractivity contribution in [2.45, 2.75) is 13.3 Å². The molecule has 0 radical (unpaired) electrons. The van der Waals surface area contributed by atoms with E-state index in [1.54, 1.807) is 24.3 Å². The number of amides is 2. The molecule has 0 aliphatic rings. The van der Waals surface area contributed by atoms with Gasteiger partial charge in [0.15, 0.2) is 0 Å². The molecule has 2 amide bonds. The Morgan fingerprint density at radius 3 is 2.40 bits per heavy atom. The van der Waals surface area contributed by atoms with Gasteiger partial charge in [-0.05, 0) is 52.7 Å². The minimum absolute atomic E-state index is 0.150. The zero-order valence-electron chi connectivity index (χ0n) is 14.6. The lowest BCUT2D eigenvalue weighted by molar-refractivity contribution is 0.0952. The molecule has 0 aliphatic heterocycles. The molecule has 5 nitrogen and oxygen atoms in total. The SMILES string of the molecule is CCCNC(=O)c1cc(NC(=O)c2ccccc2Br)ccc1N(C)C. The van der Waals surface area contributed by atoms with Gasteiger partial charge in [-0.1, -0.05) is 19.1 Å². The first kappa shape index (κ1) is 19.0. The Balaban J connectivity index is 2.28. The fraction of sp³-hybridized carbons (Fsp3) is 0.263. The Morgan fingerprint density at radius 2 is 1.76 bits per heavy atom. The first-order valence-corrected chi connectivity index (χ1v) is 8.88. The summed E-state index contributed by atoms with van der Waals surface area (Å²) in [6.07, 6.45) is 0.863. The van der Waals surface area contributed by atoms with Crippen molar-refractivity contribution in [3.8, 4) is 0 Å². The highest BCUT2D eigenvalue weighted by atomic mass is 79.9. The van der Waals surface area contributed by atoms with Crippen molar-refractivity contribution in [2.75, 3.05) is 30.9 Å². The van der Waals surface area contributed by atoms with E-state index >= 15 is 0 Å². The Hall–Kier alpha value is -2.34. The summed E-state index contributed by atoms with van der Waals surface area (Å²) in [4.78, 5) is 26.8. The van der Waals surface area contributed by atoms with Crippen LogP contribution in [0.3, 0.4) is 0 Å². The van der Waals surface area contributed by atoms with Gasteiger partial charge in [-0.3, -0.25) is 9.59 Å². The largest absolute Gasteiger partial charge is 0.377 e. The van der Waals surface area contributed by atoms with Crippen molar-refractivity contribution in [3.63, 3.8) is 0 Å². The summed E-state index contributed by atoms with van der Waals surface area (Å²) in [5.41, 5.74) is 2.44. The van der Waals surface area contributed by atoms with Gasteiger partial charge < -0.3 is 15.5 Å². The number of anilines is 2. The zero-order chi connectivity index (χ0) is 18.4. The predicted octanol–water partition coefficient (Wildman–Crippen LogP) is 3.91. The fourth-order valence-corrected chi connectivity index (χ4v) is 2.83. The van der Waals surface area contributed by atoms with Gasteiger partial charge >= 0.3 is 0 Å². The van der Waals surface area contributed by atoms with Crippen LogP contribution in [0.4, 0.5) is 11.4 Å². The number of carbonyl (C=O) groups excluding carboxylic acids is 2. The second-order valence-corrected chi connectivity index (χ2v) is 6.67. The summed E-state index contributed by atoms with van der Waals surface area (Å²) in [5, 5.41) is 5.73. The van der Waals surface area contributed by atoms with Crippen molar-refractivity contribution < 1.29 is 9.59 Å². The predicted molar refractivity (Wildman–Crippen MR) is 105 cm³/mol. The lowest BCUT2D eigenvalue weighted by atomic mass is 10.1. The highest BCUT2D eigenvalue weighted by molar-refractivity contribution is 9.10. The molecule has 0 fully saturated rings. The number of hydrogen-bond donors (Lipinski definition) is 2. The molecule has 0 heterocycles. The van der Waals surface area contributed by atoms with E-state index in [9.17, 15) is 9.59 Å². The van der Waals surface area contributed by atoms with Gasteiger partial charge in [-0.25, -0.2) is 0 Å². The molecule has 2 aromatic rings. The normalized spacial score (nSPS) is 10.2. The summed E-state index contributed by atoms with van der Waals surface area (Å²) in [5.74, 6) is -0.382. The first-order chi connectivity index (χ1) is 11.9. The van der Waals surface area contributed by atoms with Gasteiger partial charge in [-0.15, -0.1) is 0 Å². The average molecular weight is 404 g/mol. The van der Waals surface area contributed by atoms with Gasteiger partial charge in [0, 0.05) is 36.5 Å². The summed E-state index contributed by atoms with van der Waals surface area (Å²) in [6, 6.07) is 12.5. The van der Waals surface area contributed by atoms with Crippen LogP contribution in [0.15, 0.2) is 46.9 Å². The highest BCUT2D eigenvalue weighted by Gasteiger charge is 2.15. The third-order valence-electron chi connectivity index (χ3n) is 3.63. The molecule has 2 rings (SSSR count). The molecule has 2 N–H and O–H groups in total. The molecule has 0 aliphatic carbocycles. The molecule has 25 heavy (non-hydrogen) atoms. The van der Waals surface area contributed by atoms with E-state index in [1.165, 1.54) is 0 Å². The van der Waals surface area contributed by atoms with Crippen LogP contribution in [0.1, 0.15) is 34.1 Å². The standard InChI is InChI=1S/C19H22BrN3O2/c1-4-11-21-18(24)15-12-13(9-10-17(15)23(2)3)22-19(25)14-7-5-6-8-16(14)20/h5-10,12H,4,11H2,1-3H3,(H,21,24)(H,22,25). The Kier molecular flexibility index (Phi) is 6.58. The van der Waals surface area contributed by atoms with Crippen LogP contribution < -0.4 is 15.5 Å². The summed E-state index contributed by atoms with van der Waals surface area (Å²) < 4.78 is 0.721. The highest BCUT2D eigenvalue weighted by Crippen LogP contribution is 2.24. The van der Waals surface area contributed by atoms with Gasteiger partial charge in [-0.2, -0.15) is 0 Å². The van der Waals surface area contributed by atoms with Gasteiger partial charge in [0.2, 0.25) is 0 Å². The molecule has 0 atom stereocenters. The second kappa shape index (κ2) is 8.67. The van der Waals surface area contributed by atoms with E-state index in [0.717, 1.165) is 16.6 Å². The molecule has 0 spiro atoms. The lowest BCUT2D eigenvalue weighted by Gasteiger charge is -2.18. The maximum Gasteiger partial charge on any atom is 0.256 e. The summed E-state index contributed by atoms with van der Waals surface area (Å²) in [7, 11) is 3.76. The Morgan fingerprint density at radius 1 is 1.04 bits per heavy atom. The van der Waals surface area contributed by atoms with E-state index < -0.39 is 0 Å². The van der Waals surface area contributed by atoms with E-state index in [0.29, 0.717) is 23.4 Å².